The molecule has 0 bridgehead atoms. The summed E-state index contributed by atoms with van der Waals surface area (Å²) in [6.45, 7) is 5.06. The van der Waals surface area contributed by atoms with Crippen LogP contribution in [0.5, 0.6) is 11.5 Å². The molecular formula is C23H24O2. The molecule has 0 aliphatic rings. The fraction of sp³-hybridized carbons (Fsp3) is 0.304. The second-order valence-corrected chi connectivity index (χ2v) is 5.50. The van der Waals surface area contributed by atoms with E-state index in [1.165, 1.54) is 0 Å². The molecule has 0 N–H and O–H groups in total. The molecule has 0 aromatic heterocycles. The third-order valence-corrected chi connectivity index (χ3v) is 3.60. The number of rotatable bonds is 8. The first kappa shape index (κ1) is 18.5. The molecule has 25 heavy (non-hydrogen) atoms. The van der Waals surface area contributed by atoms with Gasteiger partial charge in [-0.25, -0.2) is 0 Å². The van der Waals surface area contributed by atoms with Gasteiger partial charge in [0.05, 0.1) is 24.3 Å². The van der Waals surface area contributed by atoms with Crippen molar-refractivity contribution in [1.82, 2.24) is 0 Å². The second-order valence-electron chi connectivity index (χ2n) is 5.50. The van der Waals surface area contributed by atoms with E-state index < -0.39 is 0 Å². The van der Waals surface area contributed by atoms with Gasteiger partial charge in [-0.3, -0.25) is 0 Å². The van der Waals surface area contributed by atoms with Crippen molar-refractivity contribution in [3.05, 3.63) is 59.7 Å². The third kappa shape index (κ3) is 6.28. The van der Waals surface area contributed by atoms with Gasteiger partial charge in [-0.2, -0.15) is 0 Å². The highest BCUT2D eigenvalue weighted by atomic mass is 16.5. The summed E-state index contributed by atoms with van der Waals surface area (Å²) in [6, 6.07) is 15.8. The van der Waals surface area contributed by atoms with Crippen LogP contribution < -0.4 is 9.47 Å². The van der Waals surface area contributed by atoms with Crippen LogP contribution in [0.3, 0.4) is 0 Å². The first-order chi connectivity index (χ1) is 12.3. The van der Waals surface area contributed by atoms with Crippen LogP contribution >= 0.6 is 0 Å². The molecular weight excluding hydrogens is 308 g/mol. The van der Waals surface area contributed by atoms with Gasteiger partial charge in [-0.1, -0.05) is 36.1 Å². The monoisotopic (exact) mass is 332 g/mol. The van der Waals surface area contributed by atoms with Gasteiger partial charge in [0.1, 0.15) is 11.5 Å². The molecule has 0 atom stereocenters. The average molecular weight is 332 g/mol. The van der Waals surface area contributed by atoms with E-state index in [0.717, 1.165) is 41.9 Å². The molecule has 0 amide bonds. The lowest BCUT2D eigenvalue weighted by atomic mass is 10.2. The molecule has 128 valence electrons. The lowest BCUT2D eigenvalue weighted by Gasteiger charge is -2.09. The molecule has 0 unspecified atom stereocenters. The fourth-order valence-electron chi connectivity index (χ4n) is 2.41. The van der Waals surface area contributed by atoms with E-state index in [1.54, 1.807) is 0 Å². The van der Waals surface area contributed by atoms with Crippen molar-refractivity contribution in [1.29, 1.82) is 0 Å². The largest absolute Gasteiger partial charge is 0.492 e. The van der Waals surface area contributed by atoms with Crippen molar-refractivity contribution in [2.24, 2.45) is 0 Å². The molecule has 0 radical (unpaired) electrons. The topological polar surface area (TPSA) is 18.5 Å². The predicted molar refractivity (Wildman–Crippen MR) is 103 cm³/mol. The first-order valence-corrected chi connectivity index (χ1v) is 8.64. The molecule has 0 spiro atoms. The standard InChI is InChI=1S/C23H24O2/c1-3-12-20-14-6-8-16-22(20)24-18-10-5-11-19-25-23-17-9-7-15-21(23)13-4-2/h6-9,14-17H,5,10-11,18-19H2,1-2H3. The maximum atomic E-state index is 5.84. The van der Waals surface area contributed by atoms with E-state index >= 15 is 0 Å². The Labute approximate surface area is 151 Å². The number of benzene rings is 2. The van der Waals surface area contributed by atoms with Crippen molar-refractivity contribution < 1.29 is 9.47 Å². The predicted octanol–water partition coefficient (Wildman–Crippen LogP) is 5.06. The van der Waals surface area contributed by atoms with Crippen molar-refractivity contribution in [2.75, 3.05) is 13.2 Å². The van der Waals surface area contributed by atoms with E-state index in [9.17, 15) is 0 Å². The van der Waals surface area contributed by atoms with Gasteiger partial charge >= 0.3 is 0 Å². The maximum Gasteiger partial charge on any atom is 0.134 e. The van der Waals surface area contributed by atoms with Crippen LogP contribution in [-0.4, -0.2) is 13.2 Å². The van der Waals surface area contributed by atoms with Gasteiger partial charge in [0, 0.05) is 0 Å². The molecule has 2 heteroatoms. The van der Waals surface area contributed by atoms with E-state index in [2.05, 4.69) is 23.7 Å². The Morgan fingerprint density at radius 3 is 1.52 bits per heavy atom. The van der Waals surface area contributed by atoms with E-state index in [4.69, 9.17) is 9.47 Å². The minimum Gasteiger partial charge on any atom is -0.492 e. The average Bonchev–Trinajstić information content (AvgIpc) is 2.64. The van der Waals surface area contributed by atoms with Crippen LogP contribution in [0, 0.1) is 23.7 Å². The molecule has 0 heterocycles. The number of hydrogen-bond donors (Lipinski definition) is 0. The van der Waals surface area contributed by atoms with Crippen molar-refractivity contribution >= 4 is 0 Å². The summed E-state index contributed by atoms with van der Waals surface area (Å²) >= 11 is 0. The van der Waals surface area contributed by atoms with Crippen molar-refractivity contribution in [3.63, 3.8) is 0 Å². The summed E-state index contributed by atoms with van der Waals surface area (Å²) in [5.74, 6) is 13.7. The molecule has 0 saturated carbocycles. The quantitative estimate of drug-likeness (QED) is 0.497. The summed E-state index contributed by atoms with van der Waals surface area (Å²) in [4.78, 5) is 0. The van der Waals surface area contributed by atoms with Gasteiger partial charge in [0.15, 0.2) is 0 Å². The Morgan fingerprint density at radius 2 is 1.08 bits per heavy atom. The highest BCUT2D eigenvalue weighted by Gasteiger charge is 2.01. The van der Waals surface area contributed by atoms with E-state index in [1.807, 2.05) is 62.4 Å². The Bertz CT molecular complexity index is 717. The zero-order chi connectivity index (χ0) is 17.7. The van der Waals surface area contributed by atoms with Gasteiger partial charge in [-0.05, 0) is 57.4 Å². The van der Waals surface area contributed by atoms with E-state index in [0.29, 0.717) is 13.2 Å². The summed E-state index contributed by atoms with van der Waals surface area (Å²) in [6.07, 6.45) is 3.05. The van der Waals surface area contributed by atoms with Gasteiger partial charge in [0.2, 0.25) is 0 Å². The summed E-state index contributed by atoms with van der Waals surface area (Å²) < 4.78 is 11.7. The number of ether oxygens (including phenoxy) is 2. The summed E-state index contributed by atoms with van der Waals surface area (Å²) in [7, 11) is 0. The smallest absolute Gasteiger partial charge is 0.134 e. The molecule has 2 aromatic rings. The fourth-order valence-corrected chi connectivity index (χ4v) is 2.41. The highest BCUT2D eigenvalue weighted by Crippen LogP contribution is 2.18. The van der Waals surface area contributed by atoms with Crippen LogP contribution in [0.15, 0.2) is 48.5 Å². The second kappa shape index (κ2) is 10.8. The minimum absolute atomic E-state index is 0.695. The molecule has 2 aromatic carbocycles. The normalized spacial score (nSPS) is 9.36. The van der Waals surface area contributed by atoms with Crippen LogP contribution in [0.1, 0.15) is 44.2 Å². The maximum absolute atomic E-state index is 5.84. The molecule has 0 aliphatic heterocycles. The Morgan fingerprint density at radius 1 is 0.640 bits per heavy atom. The van der Waals surface area contributed by atoms with Crippen LogP contribution in [0.25, 0.3) is 0 Å². The SMILES string of the molecule is CC#Cc1ccccc1OCCCCCOc1ccccc1C#CC. The molecule has 0 fully saturated rings. The Kier molecular flexibility index (Phi) is 8.02. The van der Waals surface area contributed by atoms with Gasteiger partial charge < -0.3 is 9.47 Å². The van der Waals surface area contributed by atoms with Gasteiger partial charge in [0.25, 0.3) is 0 Å². The highest BCUT2D eigenvalue weighted by molar-refractivity contribution is 5.46. The zero-order valence-corrected chi connectivity index (χ0v) is 15.0. The van der Waals surface area contributed by atoms with Crippen molar-refractivity contribution in [3.8, 4) is 35.2 Å². The first-order valence-electron chi connectivity index (χ1n) is 8.64. The lowest BCUT2D eigenvalue weighted by Crippen LogP contribution is -2.02. The number of hydrogen-bond acceptors (Lipinski definition) is 2. The number of unbranched alkanes of at least 4 members (excludes halogenated alkanes) is 2. The number of para-hydroxylation sites is 2. The Hall–Kier alpha value is -2.84. The van der Waals surface area contributed by atoms with Crippen molar-refractivity contribution in [2.45, 2.75) is 33.1 Å². The van der Waals surface area contributed by atoms with Crippen LogP contribution in [0.2, 0.25) is 0 Å². The molecule has 0 saturated heterocycles. The molecule has 2 nitrogen and oxygen atoms in total. The third-order valence-electron chi connectivity index (χ3n) is 3.60. The zero-order valence-electron chi connectivity index (χ0n) is 15.0. The summed E-state index contributed by atoms with van der Waals surface area (Å²) in [5, 5.41) is 0. The summed E-state index contributed by atoms with van der Waals surface area (Å²) in [5.41, 5.74) is 1.89. The Balaban J connectivity index is 1.67. The molecule has 0 aliphatic carbocycles. The minimum atomic E-state index is 0.695. The van der Waals surface area contributed by atoms with Crippen LogP contribution in [0.4, 0.5) is 0 Å². The lowest BCUT2D eigenvalue weighted by molar-refractivity contribution is 0.279. The van der Waals surface area contributed by atoms with E-state index in [-0.39, 0.29) is 0 Å². The van der Waals surface area contributed by atoms with Crippen LogP contribution in [-0.2, 0) is 0 Å². The van der Waals surface area contributed by atoms with Gasteiger partial charge in [-0.15, -0.1) is 11.8 Å². The molecule has 2 rings (SSSR count).